The number of benzene rings is 2. The van der Waals surface area contributed by atoms with Crippen LogP contribution in [0.25, 0.3) is 0 Å². The topological polar surface area (TPSA) is 104 Å². The standard InChI is InChI=1S/C18H23N3O2/c1-18(21,17(20)22)16(19)13-9-7-12(8-10-13)11-14-5-3-4-6-15(14)23-2/h3-10,16H,11,19,21H2,1-2H3,(H2,20,22). The molecule has 5 nitrogen and oxygen atoms in total. The van der Waals surface area contributed by atoms with Gasteiger partial charge in [-0.1, -0.05) is 42.5 Å². The van der Waals surface area contributed by atoms with Crippen LogP contribution in [-0.4, -0.2) is 18.6 Å². The molecule has 0 aromatic heterocycles. The van der Waals surface area contributed by atoms with Gasteiger partial charge in [-0.05, 0) is 29.7 Å². The smallest absolute Gasteiger partial charge is 0.239 e. The summed E-state index contributed by atoms with van der Waals surface area (Å²) >= 11 is 0. The molecule has 0 aliphatic rings. The van der Waals surface area contributed by atoms with Crippen molar-refractivity contribution in [2.45, 2.75) is 24.9 Å². The third kappa shape index (κ3) is 3.70. The molecule has 122 valence electrons. The van der Waals surface area contributed by atoms with Crippen molar-refractivity contribution in [3.63, 3.8) is 0 Å². The third-order valence-electron chi connectivity index (χ3n) is 4.10. The van der Waals surface area contributed by atoms with Crippen LogP contribution in [0, 0.1) is 0 Å². The lowest BCUT2D eigenvalue weighted by molar-refractivity contribution is -0.123. The van der Waals surface area contributed by atoms with Crippen LogP contribution >= 0.6 is 0 Å². The number of para-hydroxylation sites is 1. The Morgan fingerprint density at radius 2 is 1.78 bits per heavy atom. The van der Waals surface area contributed by atoms with Gasteiger partial charge >= 0.3 is 0 Å². The summed E-state index contributed by atoms with van der Waals surface area (Å²) < 4.78 is 5.36. The number of ether oxygens (including phenoxy) is 1. The molecular weight excluding hydrogens is 290 g/mol. The molecule has 0 bridgehead atoms. The van der Waals surface area contributed by atoms with E-state index in [4.69, 9.17) is 21.9 Å². The van der Waals surface area contributed by atoms with E-state index in [2.05, 4.69) is 0 Å². The third-order valence-corrected chi connectivity index (χ3v) is 4.10. The number of nitrogens with two attached hydrogens (primary N) is 3. The van der Waals surface area contributed by atoms with E-state index < -0.39 is 17.5 Å². The van der Waals surface area contributed by atoms with Crippen molar-refractivity contribution in [2.75, 3.05) is 7.11 Å². The number of hydrogen-bond donors (Lipinski definition) is 3. The predicted molar refractivity (Wildman–Crippen MR) is 91.0 cm³/mol. The predicted octanol–water partition coefficient (Wildman–Crippen LogP) is 1.49. The van der Waals surface area contributed by atoms with Crippen LogP contribution in [0.2, 0.25) is 0 Å². The first kappa shape index (κ1) is 17.0. The van der Waals surface area contributed by atoms with Crippen LogP contribution in [0.5, 0.6) is 5.75 Å². The van der Waals surface area contributed by atoms with Crippen molar-refractivity contribution in [3.05, 3.63) is 65.2 Å². The molecule has 2 aromatic rings. The minimum atomic E-state index is -1.29. The molecule has 0 radical (unpaired) electrons. The Balaban J connectivity index is 2.18. The Morgan fingerprint density at radius 1 is 1.17 bits per heavy atom. The van der Waals surface area contributed by atoms with Gasteiger partial charge in [-0.25, -0.2) is 0 Å². The second-order valence-electron chi connectivity index (χ2n) is 5.85. The molecule has 5 heteroatoms. The minimum absolute atomic E-state index is 0.622. The molecule has 2 atom stereocenters. The molecular formula is C18H23N3O2. The van der Waals surface area contributed by atoms with Crippen molar-refractivity contribution in [1.82, 2.24) is 0 Å². The monoisotopic (exact) mass is 313 g/mol. The van der Waals surface area contributed by atoms with E-state index in [-0.39, 0.29) is 0 Å². The van der Waals surface area contributed by atoms with Crippen LogP contribution in [0.1, 0.15) is 29.7 Å². The molecule has 0 heterocycles. The van der Waals surface area contributed by atoms with E-state index in [9.17, 15) is 4.79 Å². The first-order valence-electron chi connectivity index (χ1n) is 7.41. The summed E-state index contributed by atoms with van der Waals surface area (Å²) in [5.41, 5.74) is 19.0. The number of carbonyl (C=O) groups is 1. The second kappa shape index (κ2) is 6.81. The number of methoxy groups -OCH3 is 1. The van der Waals surface area contributed by atoms with E-state index >= 15 is 0 Å². The van der Waals surface area contributed by atoms with Gasteiger partial charge < -0.3 is 21.9 Å². The molecule has 2 rings (SSSR count). The molecule has 0 saturated heterocycles. The summed E-state index contributed by atoms with van der Waals surface area (Å²) in [6.07, 6.45) is 0.745. The van der Waals surface area contributed by atoms with Crippen LogP contribution in [-0.2, 0) is 11.2 Å². The molecule has 1 amide bonds. The Hall–Kier alpha value is -2.37. The van der Waals surface area contributed by atoms with Gasteiger partial charge in [-0.15, -0.1) is 0 Å². The number of primary amides is 1. The first-order valence-corrected chi connectivity index (χ1v) is 7.41. The Kier molecular flexibility index (Phi) is 5.03. The zero-order valence-electron chi connectivity index (χ0n) is 13.5. The Morgan fingerprint density at radius 3 is 2.35 bits per heavy atom. The zero-order valence-corrected chi connectivity index (χ0v) is 13.5. The summed E-state index contributed by atoms with van der Waals surface area (Å²) in [6.45, 7) is 1.54. The van der Waals surface area contributed by atoms with Gasteiger partial charge in [0.25, 0.3) is 0 Å². The van der Waals surface area contributed by atoms with Gasteiger partial charge in [0, 0.05) is 6.42 Å². The van der Waals surface area contributed by atoms with E-state index in [1.807, 2.05) is 48.5 Å². The van der Waals surface area contributed by atoms with Crippen LogP contribution < -0.4 is 21.9 Å². The SMILES string of the molecule is COc1ccccc1Cc1ccc(C(N)C(C)(N)C(N)=O)cc1. The second-order valence-corrected chi connectivity index (χ2v) is 5.85. The van der Waals surface area contributed by atoms with Crippen molar-refractivity contribution < 1.29 is 9.53 Å². The van der Waals surface area contributed by atoms with Gasteiger partial charge in [0.15, 0.2) is 0 Å². The highest BCUT2D eigenvalue weighted by Gasteiger charge is 2.34. The fraction of sp³-hybridized carbons (Fsp3) is 0.278. The van der Waals surface area contributed by atoms with E-state index in [0.717, 1.165) is 28.9 Å². The van der Waals surface area contributed by atoms with E-state index in [0.29, 0.717) is 0 Å². The summed E-state index contributed by atoms with van der Waals surface area (Å²) in [6, 6.07) is 14.9. The summed E-state index contributed by atoms with van der Waals surface area (Å²) in [4.78, 5) is 11.4. The largest absolute Gasteiger partial charge is 0.496 e. The van der Waals surface area contributed by atoms with Crippen LogP contribution in [0.4, 0.5) is 0 Å². The summed E-state index contributed by atoms with van der Waals surface area (Å²) in [5, 5.41) is 0. The van der Waals surface area contributed by atoms with Gasteiger partial charge in [0.05, 0.1) is 13.2 Å². The van der Waals surface area contributed by atoms with Crippen molar-refractivity contribution >= 4 is 5.91 Å². The molecule has 0 spiro atoms. The van der Waals surface area contributed by atoms with Crippen molar-refractivity contribution in [2.24, 2.45) is 17.2 Å². The number of rotatable bonds is 6. The Labute approximate surface area is 136 Å². The molecule has 0 saturated carbocycles. The number of carbonyl (C=O) groups excluding carboxylic acids is 1. The van der Waals surface area contributed by atoms with Crippen molar-refractivity contribution in [1.29, 1.82) is 0 Å². The lowest BCUT2D eigenvalue weighted by Gasteiger charge is -2.28. The number of hydrogen-bond acceptors (Lipinski definition) is 4. The molecule has 0 aliphatic heterocycles. The van der Waals surface area contributed by atoms with Gasteiger partial charge in [0.1, 0.15) is 11.3 Å². The lowest BCUT2D eigenvalue weighted by atomic mass is 9.87. The van der Waals surface area contributed by atoms with Crippen molar-refractivity contribution in [3.8, 4) is 5.75 Å². The highest BCUT2D eigenvalue weighted by Crippen LogP contribution is 2.24. The molecule has 0 fully saturated rings. The maximum absolute atomic E-state index is 11.4. The molecule has 0 aliphatic carbocycles. The highest BCUT2D eigenvalue weighted by molar-refractivity contribution is 5.85. The normalized spacial score (nSPS) is 14.8. The van der Waals surface area contributed by atoms with Crippen LogP contribution in [0.3, 0.4) is 0 Å². The summed E-state index contributed by atoms with van der Waals surface area (Å²) in [5.74, 6) is 0.236. The zero-order chi connectivity index (χ0) is 17.0. The van der Waals surface area contributed by atoms with Crippen LogP contribution in [0.15, 0.2) is 48.5 Å². The average molecular weight is 313 g/mol. The quantitative estimate of drug-likeness (QED) is 0.751. The highest BCUT2D eigenvalue weighted by atomic mass is 16.5. The Bertz CT molecular complexity index is 681. The number of amides is 1. The molecule has 6 N–H and O–H groups in total. The maximum atomic E-state index is 11.4. The lowest BCUT2D eigenvalue weighted by Crippen LogP contribution is -2.56. The maximum Gasteiger partial charge on any atom is 0.239 e. The fourth-order valence-electron chi connectivity index (χ4n) is 2.41. The van der Waals surface area contributed by atoms with Gasteiger partial charge in [0.2, 0.25) is 5.91 Å². The molecule has 23 heavy (non-hydrogen) atoms. The summed E-state index contributed by atoms with van der Waals surface area (Å²) in [7, 11) is 1.66. The molecule has 2 unspecified atom stereocenters. The van der Waals surface area contributed by atoms with Gasteiger partial charge in [-0.2, -0.15) is 0 Å². The fourth-order valence-corrected chi connectivity index (χ4v) is 2.41. The molecule has 2 aromatic carbocycles. The van der Waals surface area contributed by atoms with Gasteiger partial charge in [-0.3, -0.25) is 4.79 Å². The minimum Gasteiger partial charge on any atom is -0.496 e. The average Bonchev–Trinajstić information content (AvgIpc) is 2.55. The van der Waals surface area contributed by atoms with E-state index in [1.165, 1.54) is 0 Å². The first-order chi connectivity index (χ1) is 10.9. The van der Waals surface area contributed by atoms with E-state index in [1.54, 1.807) is 14.0 Å².